The van der Waals surface area contributed by atoms with Crippen molar-refractivity contribution in [3.05, 3.63) is 85.7 Å². The zero-order chi connectivity index (χ0) is 19.7. The zero-order valence-electron chi connectivity index (χ0n) is 14.2. The Labute approximate surface area is 176 Å². The maximum atomic E-state index is 13.2. The van der Waals surface area contributed by atoms with Crippen molar-refractivity contribution in [1.29, 1.82) is 0 Å². The first kappa shape index (κ1) is 18.7. The molecule has 28 heavy (non-hydrogen) atoms. The summed E-state index contributed by atoms with van der Waals surface area (Å²) >= 11 is 5.73. The lowest BCUT2D eigenvalue weighted by molar-refractivity contribution is -0.380. The summed E-state index contributed by atoms with van der Waals surface area (Å²) in [5.41, 5.74) is 1.74. The minimum Gasteiger partial charge on any atom is -0.279 e. The number of thiophene rings is 1. The van der Waals surface area contributed by atoms with Crippen LogP contribution in [0.25, 0.3) is 10.2 Å². The molecule has 0 radical (unpaired) electrons. The number of hydrogen-bond donors (Lipinski definition) is 0. The Balaban J connectivity index is 1.75. The Morgan fingerprint density at radius 1 is 1.11 bits per heavy atom. The lowest BCUT2D eigenvalue weighted by Crippen LogP contribution is -2.29. The summed E-state index contributed by atoms with van der Waals surface area (Å²) in [6.07, 6.45) is 0. The molecule has 6 nitrogen and oxygen atoms in total. The summed E-state index contributed by atoms with van der Waals surface area (Å²) < 4.78 is 1.89. The van der Waals surface area contributed by atoms with Gasteiger partial charge in [-0.1, -0.05) is 68.9 Å². The van der Waals surface area contributed by atoms with Crippen LogP contribution in [0.15, 0.2) is 65.1 Å². The van der Waals surface area contributed by atoms with E-state index in [0.717, 1.165) is 31.6 Å². The molecule has 4 aromatic rings. The van der Waals surface area contributed by atoms with Crippen molar-refractivity contribution in [3.8, 4) is 0 Å². The van der Waals surface area contributed by atoms with E-state index in [2.05, 4.69) is 20.9 Å². The summed E-state index contributed by atoms with van der Waals surface area (Å²) in [4.78, 5) is 30.2. The number of amides is 1. The van der Waals surface area contributed by atoms with Gasteiger partial charge in [-0.3, -0.25) is 19.8 Å². The maximum Gasteiger partial charge on any atom is 0.324 e. The number of aromatic nitrogens is 1. The van der Waals surface area contributed by atoms with E-state index >= 15 is 0 Å². The Hall–Kier alpha value is -2.62. The first-order valence-electron chi connectivity index (χ1n) is 8.17. The molecule has 0 unspecified atom stereocenters. The first-order valence-corrected chi connectivity index (χ1v) is 10.6. The molecule has 2 heterocycles. The van der Waals surface area contributed by atoms with Crippen LogP contribution in [0.2, 0.25) is 0 Å². The van der Waals surface area contributed by atoms with Gasteiger partial charge in [0, 0.05) is 10.5 Å². The highest BCUT2D eigenvalue weighted by Gasteiger charge is 2.25. The fourth-order valence-electron chi connectivity index (χ4n) is 2.67. The fraction of sp³-hybridized carbons (Fsp3) is 0.0526. The molecule has 1 amide bonds. The number of fused-ring (bicyclic) bond motifs is 1. The van der Waals surface area contributed by atoms with Crippen molar-refractivity contribution in [2.75, 3.05) is 4.90 Å². The Bertz CT molecular complexity index is 1170. The number of carbonyl (C=O) groups excluding carboxylic acids is 1. The molecular formula is C19H12BrN3O3S2. The van der Waals surface area contributed by atoms with Gasteiger partial charge in [0.05, 0.1) is 26.6 Å². The lowest BCUT2D eigenvalue weighted by atomic mass is 10.2. The third-order valence-corrected chi connectivity index (χ3v) is 6.54. The number of nitrogens with zero attached hydrogens (tertiary/aromatic N) is 3. The second-order valence-electron chi connectivity index (χ2n) is 5.88. The summed E-state index contributed by atoms with van der Waals surface area (Å²) in [5, 5.41) is 11.5. The van der Waals surface area contributed by atoms with E-state index < -0.39 is 4.92 Å². The van der Waals surface area contributed by atoms with Gasteiger partial charge in [-0.05, 0) is 29.8 Å². The van der Waals surface area contributed by atoms with E-state index in [1.165, 1.54) is 23.5 Å². The van der Waals surface area contributed by atoms with Gasteiger partial charge in [0.1, 0.15) is 0 Å². The molecule has 0 fully saturated rings. The quantitative estimate of drug-likeness (QED) is 0.268. The highest BCUT2D eigenvalue weighted by Crippen LogP contribution is 2.34. The monoisotopic (exact) mass is 473 g/mol. The van der Waals surface area contributed by atoms with Crippen molar-refractivity contribution < 1.29 is 9.72 Å². The van der Waals surface area contributed by atoms with Crippen molar-refractivity contribution in [1.82, 2.24) is 4.98 Å². The van der Waals surface area contributed by atoms with Crippen LogP contribution in [0, 0.1) is 10.1 Å². The number of halogens is 1. The number of nitro groups is 1. The standard InChI is InChI=1S/C19H12BrN3O3S2/c20-13-6-7-14-16(10-13)28-19(21-14)22(11-12-4-2-1-3-5-12)18(24)15-8-9-17(27-15)23(25)26/h1-10H,11H2. The zero-order valence-corrected chi connectivity index (χ0v) is 17.5. The number of thiazole rings is 1. The summed E-state index contributed by atoms with van der Waals surface area (Å²) in [7, 11) is 0. The van der Waals surface area contributed by atoms with Crippen molar-refractivity contribution in [2.24, 2.45) is 0 Å². The van der Waals surface area contributed by atoms with Crippen LogP contribution >= 0.6 is 38.6 Å². The van der Waals surface area contributed by atoms with Gasteiger partial charge >= 0.3 is 5.00 Å². The van der Waals surface area contributed by atoms with E-state index in [1.54, 1.807) is 4.90 Å². The Morgan fingerprint density at radius 2 is 1.89 bits per heavy atom. The number of benzene rings is 2. The van der Waals surface area contributed by atoms with Gasteiger partial charge in [-0.2, -0.15) is 0 Å². The van der Waals surface area contributed by atoms with E-state index in [-0.39, 0.29) is 10.9 Å². The third-order valence-electron chi connectivity index (χ3n) is 3.98. The van der Waals surface area contributed by atoms with E-state index in [9.17, 15) is 14.9 Å². The fourth-order valence-corrected chi connectivity index (χ4v) is 4.95. The molecule has 0 aliphatic carbocycles. The van der Waals surface area contributed by atoms with Gasteiger partial charge in [0.25, 0.3) is 5.91 Å². The highest BCUT2D eigenvalue weighted by molar-refractivity contribution is 9.10. The van der Waals surface area contributed by atoms with E-state index in [1.807, 2.05) is 48.5 Å². The molecule has 0 bridgehead atoms. The van der Waals surface area contributed by atoms with Gasteiger partial charge in [0.15, 0.2) is 5.13 Å². The molecule has 0 N–H and O–H groups in total. The lowest BCUT2D eigenvalue weighted by Gasteiger charge is -2.19. The molecule has 0 saturated heterocycles. The third kappa shape index (κ3) is 3.82. The van der Waals surface area contributed by atoms with Gasteiger partial charge in [-0.25, -0.2) is 4.98 Å². The van der Waals surface area contributed by atoms with Crippen LogP contribution in [-0.2, 0) is 6.54 Å². The number of hydrogen-bond acceptors (Lipinski definition) is 6. The van der Waals surface area contributed by atoms with Crippen LogP contribution in [0.4, 0.5) is 10.1 Å². The molecule has 4 rings (SSSR count). The van der Waals surface area contributed by atoms with Crippen molar-refractivity contribution in [2.45, 2.75) is 6.54 Å². The SMILES string of the molecule is O=C(c1ccc([N+](=O)[O-])s1)N(Cc1ccccc1)c1nc2ccc(Br)cc2s1. The van der Waals surface area contributed by atoms with Crippen LogP contribution in [-0.4, -0.2) is 15.8 Å². The molecule has 0 aliphatic heterocycles. The Kier molecular flexibility index (Phi) is 5.21. The second kappa shape index (κ2) is 7.78. The van der Waals surface area contributed by atoms with Crippen LogP contribution in [0.3, 0.4) is 0 Å². The number of rotatable bonds is 5. The molecule has 0 aliphatic rings. The summed E-state index contributed by atoms with van der Waals surface area (Å²) in [6.45, 7) is 0.326. The van der Waals surface area contributed by atoms with Gasteiger partial charge in [0.2, 0.25) is 0 Å². The van der Waals surface area contributed by atoms with Gasteiger partial charge < -0.3 is 0 Å². The molecule has 140 valence electrons. The summed E-state index contributed by atoms with van der Waals surface area (Å²) in [6, 6.07) is 18.2. The van der Waals surface area contributed by atoms with Crippen molar-refractivity contribution in [3.63, 3.8) is 0 Å². The predicted octanol–water partition coefficient (Wildman–Crippen LogP) is 5.88. The van der Waals surface area contributed by atoms with E-state index in [0.29, 0.717) is 16.6 Å². The minimum atomic E-state index is -0.488. The number of carbonyl (C=O) groups is 1. The smallest absolute Gasteiger partial charge is 0.279 e. The molecule has 2 aromatic heterocycles. The van der Waals surface area contributed by atoms with Crippen LogP contribution in [0.5, 0.6) is 0 Å². The maximum absolute atomic E-state index is 13.2. The topological polar surface area (TPSA) is 76.3 Å². The Morgan fingerprint density at radius 3 is 2.61 bits per heavy atom. The van der Waals surface area contributed by atoms with Crippen LogP contribution in [0.1, 0.15) is 15.2 Å². The van der Waals surface area contributed by atoms with E-state index in [4.69, 9.17) is 0 Å². The van der Waals surface area contributed by atoms with Gasteiger partial charge in [-0.15, -0.1) is 0 Å². The predicted molar refractivity (Wildman–Crippen MR) is 115 cm³/mol. The molecule has 0 atom stereocenters. The normalized spacial score (nSPS) is 10.9. The number of anilines is 1. The molecule has 0 saturated carbocycles. The molecule has 9 heteroatoms. The molecule has 2 aromatic carbocycles. The molecular weight excluding hydrogens is 462 g/mol. The minimum absolute atomic E-state index is 0.0590. The highest BCUT2D eigenvalue weighted by atomic mass is 79.9. The first-order chi connectivity index (χ1) is 13.5. The van der Waals surface area contributed by atoms with Crippen LogP contribution < -0.4 is 4.90 Å². The average molecular weight is 474 g/mol. The summed E-state index contributed by atoms with van der Waals surface area (Å²) in [5.74, 6) is -0.305. The molecule has 0 spiro atoms. The average Bonchev–Trinajstić information content (AvgIpc) is 3.33. The van der Waals surface area contributed by atoms with Crippen molar-refractivity contribution >= 4 is 64.9 Å². The largest absolute Gasteiger partial charge is 0.324 e. The second-order valence-corrected chi connectivity index (χ2v) is 8.87.